The Morgan fingerprint density at radius 1 is 1.25 bits per heavy atom. The zero-order valence-corrected chi connectivity index (χ0v) is 20.0. The SMILES string of the molecule is Cc1nn(C)c2nc(-c3cccs3)cc(C(=O)NC3CCN(C(=O)OC(C)(C)C)CC3)c12. The number of amides is 2. The Morgan fingerprint density at radius 3 is 2.59 bits per heavy atom. The molecule has 0 aromatic carbocycles. The molecule has 0 atom stereocenters. The molecule has 2 amide bonds. The number of aromatic nitrogens is 3. The molecule has 0 spiro atoms. The van der Waals surface area contributed by atoms with Gasteiger partial charge in [-0.25, -0.2) is 9.78 Å². The lowest BCUT2D eigenvalue weighted by molar-refractivity contribution is 0.0199. The molecule has 4 heterocycles. The van der Waals surface area contributed by atoms with Crippen LogP contribution in [0.2, 0.25) is 0 Å². The summed E-state index contributed by atoms with van der Waals surface area (Å²) in [6.07, 6.45) is 1.07. The first-order chi connectivity index (χ1) is 15.1. The first-order valence-corrected chi connectivity index (χ1v) is 11.7. The Balaban J connectivity index is 1.52. The molecule has 1 aliphatic heterocycles. The van der Waals surface area contributed by atoms with Gasteiger partial charge in [0.25, 0.3) is 5.91 Å². The molecule has 9 heteroatoms. The van der Waals surface area contributed by atoms with Crippen molar-refractivity contribution < 1.29 is 14.3 Å². The summed E-state index contributed by atoms with van der Waals surface area (Å²) >= 11 is 1.59. The smallest absolute Gasteiger partial charge is 0.410 e. The van der Waals surface area contributed by atoms with Crippen molar-refractivity contribution in [1.82, 2.24) is 25.0 Å². The van der Waals surface area contributed by atoms with E-state index in [1.807, 2.05) is 58.3 Å². The Morgan fingerprint density at radius 2 is 1.97 bits per heavy atom. The van der Waals surface area contributed by atoms with Crippen LogP contribution < -0.4 is 5.32 Å². The molecular formula is C23H29N5O3S. The fraction of sp³-hybridized carbons (Fsp3) is 0.478. The van der Waals surface area contributed by atoms with Crippen molar-refractivity contribution >= 4 is 34.4 Å². The van der Waals surface area contributed by atoms with Crippen molar-refractivity contribution in [2.75, 3.05) is 13.1 Å². The predicted molar refractivity (Wildman–Crippen MR) is 125 cm³/mol. The minimum absolute atomic E-state index is 0.00781. The number of carbonyl (C=O) groups is 2. The highest BCUT2D eigenvalue weighted by molar-refractivity contribution is 7.13. The number of hydrogen-bond donors (Lipinski definition) is 1. The van der Waals surface area contributed by atoms with Crippen molar-refractivity contribution in [2.45, 2.75) is 52.2 Å². The molecule has 0 saturated carbocycles. The minimum atomic E-state index is -0.517. The maximum Gasteiger partial charge on any atom is 0.410 e. The molecule has 1 N–H and O–H groups in total. The summed E-state index contributed by atoms with van der Waals surface area (Å²) in [5.41, 5.74) is 2.30. The van der Waals surface area contributed by atoms with E-state index in [9.17, 15) is 9.59 Å². The van der Waals surface area contributed by atoms with E-state index in [1.54, 1.807) is 20.9 Å². The third-order valence-corrected chi connectivity index (χ3v) is 6.36. The standard InChI is InChI=1S/C23H29N5O3S/c1-14-19-16(13-17(18-7-6-12-32-18)25-20(19)27(5)26-14)21(29)24-15-8-10-28(11-9-15)22(30)31-23(2,3)4/h6-7,12-13,15H,8-11H2,1-5H3,(H,24,29). The van der Waals surface area contributed by atoms with Gasteiger partial charge >= 0.3 is 6.09 Å². The molecule has 4 rings (SSSR count). The van der Waals surface area contributed by atoms with Gasteiger partial charge in [0.2, 0.25) is 0 Å². The number of likely N-dealkylation sites (tertiary alicyclic amines) is 1. The van der Waals surface area contributed by atoms with Crippen LogP contribution in [-0.2, 0) is 11.8 Å². The number of aryl methyl sites for hydroxylation is 2. The molecule has 1 aliphatic rings. The van der Waals surface area contributed by atoms with Crippen molar-refractivity contribution in [2.24, 2.45) is 7.05 Å². The minimum Gasteiger partial charge on any atom is -0.444 e. The number of fused-ring (bicyclic) bond motifs is 1. The Bertz CT molecular complexity index is 1140. The Labute approximate surface area is 191 Å². The average molecular weight is 456 g/mol. The summed E-state index contributed by atoms with van der Waals surface area (Å²) in [7, 11) is 1.84. The highest BCUT2D eigenvalue weighted by Gasteiger charge is 2.28. The van der Waals surface area contributed by atoms with Gasteiger partial charge in [-0.2, -0.15) is 5.10 Å². The number of pyridine rings is 1. The molecule has 0 unspecified atom stereocenters. The van der Waals surface area contributed by atoms with E-state index in [-0.39, 0.29) is 18.0 Å². The van der Waals surface area contributed by atoms with Crippen LogP contribution in [0, 0.1) is 6.92 Å². The number of ether oxygens (including phenoxy) is 1. The number of piperidine rings is 1. The largest absolute Gasteiger partial charge is 0.444 e. The molecule has 1 fully saturated rings. The number of nitrogens with zero attached hydrogens (tertiary/aromatic N) is 4. The maximum atomic E-state index is 13.3. The van der Waals surface area contributed by atoms with E-state index in [0.29, 0.717) is 37.1 Å². The van der Waals surface area contributed by atoms with E-state index in [2.05, 4.69) is 10.4 Å². The van der Waals surface area contributed by atoms with Crippen molar-refractivity contribution in [3.63, 3.8) is 0 Å². The maximum absolute atomic E-state index is 13.3. The van der Waals surface area contributed by atoms with Gasteiger partial charge in [0, 0.05) is 26.2 Å². The van der Waals surface area contributed by atoms with Gasteiger partial charge in [0.15, 0.2) is 5.65 Å². The number of hydrogen-bond acceptors (Lipinski definition) is 6. The van der Waals surface area contributed by atoms with Crippen LogP contribution in [0.1, 0.15) is 49.7 Å². The first-order valence-electron chi connectivity index (χ1n) is 10.8. The summed E-state index contributed by atoms with van der Waals surface area (Å²) in [4.78, 5) is 33.1. The zero-order chi connectivity index (χ0) is 23.0. The van der Waals surface area contributed by atoms with Gasteiger partial charge in [-0.15, -0.1) is 11.3 Å². The molecule has 8 nitrogen and oxygen atoms in total. The second-order valence-corrected chi connectivity index (χ2v) is 10.1. The molecule has 0 radical (unpaired) electrons. The van der Waals surface area contributed by atoms with Crippen LogP contribution in [-0.4, -0.2) is 56.4 Å². The third-order valence-electron chi connectivity index (χ3n) is 5.47. The molecule has 3 aromatic rings. The lowest BCUT2D eigenvalue weighted by atomic mass is 10.0. The van der Waals surface area contributed by atoms with Crippen LogP contribution in [0.4, 0.5) is 4.79 Å². The third kappa shape index (κ3) is 4.62. The van der Waals surface area contributed by atoms with Gasteiger partial charge in [-0.05, 0) is 58.0 Å². The molecule has 0 aliphatic carbocycles. The molecule has 32 heavy (non-hydrogen) atoms. The van der Waals surface area contributed by atoms with Crippen LogP contribution in [0.5, 0.6) is 0 Å². The summed E-state index contributed by atoms with van der Waals surface area (Å²) < 4.78 is 7.18. The quantitative estimate of drug-likeness (QED) is 0.641. The highest BCUT2D eigenvalue weighted by Crippen LogP contribution is 2.29. The van der Waals surface area contributed by atoms with Gasteiger partial charge in [0.05, 0.1) is 27.2 Å². The molecule has 0 bridgehead atoms. The second kappa shape index (κ2) is 8.54. The van der Waals surface area contributed by atoms with Gasteiger partial charge in [0.1, 0.15) is 5.60 Å². The summed E-state index contributed by atoms with van der Waals surface area (Å²) in [5.74, 6) is -0.137. The van der Waals surface area contributed by atoms with Crippen molar-refractivity contribution in [3.05, 3.63) is 34.8 Å². The fourth-order valence-electron chi connectivity index (χ4n) is 3.97. The number of nitrogens with one attached hydrogen (secondary N) is 1. The van der Waals surface area contributed by atoms with Crippen molar-refractivity contribution in [3.8, 4) is 10.6 Å². The lowest BCUT2D eigenvalue weighted by Crippen LogP contribution is -2.47. The average Bonchev–Trinajstić information content (AvgIpc) is 3.35. The fourth-order valence-corrected chi connectivity index (χ4v) is 4.66. The summed E-state index contributed by atoms with van der Waals surface area (Å²) in [6.45, 7) is 8.58. The summed E-state index contributed by atoms with van der Waals surface area (Å²) in [5, 5.41) is 10.4. The Hall–Kier alpha value is -2.94. The predicted octanol–water partition coefficient (Wildman–Crippen LogP) is 4.13. The summed E-state index contributed by atoms with van der Waals surface area (Å²) in [6, 6.07) is 5.81. The zero-order valence-electron chi connectivity index (χ0n) is 19.1. The lowest BCUT2D eigenvalue weighted by Gasteiger charge is -2.33. The van der Waals surface area contributed by atoms with E-state index in [4.69, 9.17) is 9.72 Å². The van der Waals surface area contributed by atoms with Gasteiger partial charge in [-0.1, -0.05) is 6.07 Å². The molecule has 170 valence electrons. The van der Waals surface area contributed by atoms with E-state index < -0.39 is 5.60 Å². The van der Waals surface area contributed by atoms with Gasteiger partial charge < -0.3 is 15.0 Å². The normalized spacial score (nSPS) is 15.2. The van der Waals surface area contributed by atoms with Crippen LogP contribution in [0.3, 0.4) is 0 Å². The molecular weight excluding hydrogens is 426 g/mol. The molecule has 3 aromatic heterocycles. The monoisotopic (exact) mass is 455 g/mol. The highest BCUT2D eigenvalue weighted by atomic mass is 32.1. The topological polar surface area (TPSA) is 89.4 Å². The number of thiophene rings is 1. The number of carbonyl (C=O) groups excluding carboxylic acids is 2. The number of rotatable bonds is 3. The van der Waals surface area contributed by atoms with Crippen LogP contribution in [0.25, 0.3) is 21.6 Å². The van der Waals surface area contributed by atoms with E-state index in [1.165, 1.54) is 0 Å². The van der Waals surface area contributed by atoms with Crippen LogP contribution in [0.15, 0.2) is 23.6 Å². The van der Waals surface area contributed by atoms with Crippen molar-refractivity contribution in [1.29, 1.82) is 0 Å². The molecule has 1 saturated heterocycles. The second-order valence-electron chi connectivity index (χ2n) is 9.16. The van der Waals surface area contributed by atoms with E-state index in [0.717, 1.165) is 21.7 Å². The van der Waals surface area contributed by atoms with E-state index >= 15 is 0 Å². The Kier molecular flexibility index (Phi) is 5.94. The van der Waals surface area contributed by atoms with Gasteiger partial charge in [-0.3, -0.25) is 9.48 Å². The van der Waals surface area contributed by atoms with Crippen LogP contribution >= 0.6 is 11.3 Å². The first kappa shape index (κ1) is 22.3.